The highest BCUT2D eigenvalue weighted by atomic mass is 32.2. The van der Waals surface area contributed by atoms with Crippen LogP contribution in [-0.2, 0) is 10.0 Å². The molecule has 0 saturated carbocycles. The van der Waals surface area contributed by atoms with Gasteiger partial charge < -0.3 is 5.11 Å². The SMILES string of the molecule is CCCC#Cc1ccc([C@H]2[C@H](C#N)N(S(C)(=O)=O)[C@H]2CO)cc1. The lowest BCUT2D eigenvalue weighted by molar-refractivity contribution is 0.0564. The zero-order valence-electron chi connectivity index (χ0n) is 13.2. The molecule has 1 saturated heterocycles. The van der Waals surface area contributed by atoms with Gasteiger partial charge in [-0.2, -0.15) is 9.57 Å². The maximum Gasteiger partial charge on any atom is 0.212 e. The first-order chi connectivity index (χ1) is 10.9. The molecule has 1 aliphatic heterocycles. The highest BCUT2D eigenvalue weighted by Gasteiger charge is 2.53. The van der Waals surface area contributed by atoms with E-state index >= 15 is 0 Å². The molecule has 0 bridgehead atoms. The van der Waals surface area contributed by atoms with Gasteiger partial charge in [0.05, 0.1) is 25.0 Å². The second kappa shape index (κ2) is 7.14. The van der Waals surface area contributed by atoms with E-state index in [9.17, 15) is 18.8 Å². The highest BCUT2D eigenvalue weighted by molar-refractivity contribution is 7.88. The molecule has 1 aromatic rings. The minimum absolute atomic E-state index is 0.312. The maximum absolute atomic E-state index is 11.8. The Morgan fingerprint density at radius 1 is 1.30 bits per heavy atom. The van der Waals surface area contributed by atoms with Crippen molar-refractivity contribution in [2.45, 2.75) is 37.8 Å². The number of sulfonamides is 1. The van der Waals surface area contributed by atoms with E-state index in [4.69, 9.17) is 0 Å². The van der Waals surface area contributed by atoms with E-state index in [0.29, 0.717) is 0 Å². The molecule has 1 fully saturated rings. The summed E-state index contributed by atoms with van der Waals surface area (Å²) in [7, 11) is -3.52. The quantitative estimate of drug-likeness (QED) is 0.846. The molecule has 0 unspecified atom stereocenters. The Hall–Kier alpha value is -1.86. The summed E-state index contributed by atoms with van der Waals surface area (Å²) in [4.78, 5) is 0. The molecule has 23 heavy (non-hydrogen) atoms. The molecule has 3 atom stereocenters. The molecule has 0 spiro atoms. The Kier molecular flexibility index (Phi) is 5.43. The third kappa shape index (κ3) is 3.56. The van der Waals surface area contributed by atoms with Gasteiger partial charge in [-0.3, -0.25) is 0 Å². The molecule has 2 rings (SSSR count). The summed E-state index contributed by atoms with van der Waals surface area (Å²) >= 11 is 0. The molecule has 5 nitrogen and oxygen atoms in total. The van der Waals surface area contributed by atoms with Gasteiger partial charge in [0.25, 0.3) is 0 Å². The van der Waals surface area contributed by atoms with Crippen molar-refractivity contribution >= 4 is 10.0 Å². The summed E-state index contributed by atoms with van der Waals surface area (Å²) in [5, 5.41) is 18.8. The Balaban J connectivity index is 2.25. The van der Waals surface area contributed by atoms with Gasteiger partial charge in [-0.1, -0.05) is 30.9 Å². The van der Waals surface area contributed by atoms with Gasteiger partial charge in [0, 0.05) is 17.9 Å². The normalized spacial score (nSPS) is 24.2. The lowest BCUT2D eigenvalue weighted by Gasteiger charge is -2.49. The van der Waals surface area contributed by atoms with E-state index in [0.717, 1.165) is 34.5 Å². The molecule has 122 valence electrons. The molecule has 1 aliphatic rings. The minimum Gasteiger partial charge on any atom is -0.395 e. The van der Waals surface area contributed by atoms with Gasteiger partial charge in [0.1, 0.15) is 6.04 Å². The number of aliphatic hydroxyl groups is 1. The van der Waals surface area contributed by atoms with Crippen molar-refractivity contribution in [3.05, 3.63) is 35.4 Å². The predicted molar refractivity (Wildman–Crippen MR) is 87.9 cm³/mol. The number of nitrogens with zero attached hydrogens (tertiary/aromatic N) is 2. The molecule has 0 radical (unpaired) electrons. The molecule has 1 aromatic carbocycles. The lowest BCUT2D eigenvalue weighted by Crippen LogP contribution is -2.64. The van der Waals surface area contributed by atoms with Gasteiger partial charge >= 0.3 is 0 Å². The summed E-state index contributed by atoms with van der Waals surface area (Å²) in [6, 6.07) is 8.10. The first-order valence-corrected chi connectivity index (χ1v) is 9.36. The van der Waals surface area contributed by atoms with Crippen molar-refractivity contribution in [1.29, 1.82) is 5.26 Å². The molecule has 1 N–H and O–H groups in total. The first-order valence-electron chi connectivity index (χ1n) is 7.51. The number of hydrogen-bond acceptors (Lipinski definition) is 4. The summed E-state index contributed by atoms with van der Waals surface area (Å²) in [6.07, 6.45) is 2.91. The standard InChI is InChI=1S/C17H20N2O3S/c1-3-4-5-6-13-7-9-14(10-8-13)17-15(11-18)19(16(17)12-20)23(2,21)22/h7-10,15-17,20H,3-4,12H2,1-2H3/t15-,16-,17-/m0/s1. The summed E-state index contributed by atoms with van der Waals surface area (Å²) in [5.41, 5.74) is 1.73. The van der Waals surface area contributed by atoms with E-state index < -0.39 is 22.1 Å². The van der Waals surface area contributed by atoms with E-state index in [2.05, 4.69) is 18.8 Å². The smallest absolute Gasteiger partial charge is 0.212 e. The van der Waals surface area contributed by atoms with Gasteiger partial charge in [-0.05, 0) is 24.1 Å². The topological polar surface area (TPSA) is 81.4 Å². The number of benzene rings is 1. The average molecular weight is 332 g/mol. The van der Waals surface area contributed by atoms with Crippen LogP contribution < -0.4 is 0 Å². The van der Waals surface area contributed by atoms with E-state index in [-0.39, 0.29) is 12.5 Å². The Morgan fingerprint density at radius 2 is 1.96 bits per heavy atom. The molecular weight excluding hydrogens is 312 g/mol. The van der Waals surface area contributed by atoms with Crippen LogP contribution in [0, 0.1) is 23.2 Å². The third-order valence-corrected chi connectivity index (χ3v) is 5.23. The fourth-order valence-electron chi connectivity index (χ4n) is 2.90. The van der Waals surface area contributed by atoms with Crippen molar-refractivity contribution in [2.75, 3.05) is 12.9 Å². The van der Waals surface area contributed by atoms with Crippen LogP contribution in [0.3, 0.4) is 0 Å². The van der Waals surface area contributed by atoms with Crippen LogP contribution in [0.4, 0.5) is 0 Å². The van der Waals surface area contributed by atoms with Crippen LogP contribution in [0.15, 0.2) is 24.3 Å². The van der Waals surface area contributed by atoms with Crippen LogP contribution >= 0.6 is 0 Å². The predicted octanol–water partition coefficient (Wildman–Crippen LogP) is 1.45. The average Bonchev–Trinajstić information content (AvgIpc) is 2.47. The molecular formula is C17H20N2O3S. The van der Waals surface area contributed by atoms with Crippen LogP contribution in [0.1, 0.15) is 36.8 Å². The van der Waals surface area contributed by atoms with Crippen molar-refractivity contribution in [2.24, 2.45) is 0 Å². The van der Waals surface area contributed by atoms with Crippen LogP contribution in [0.5, 0.6) is 0 Å². The molecule has 1 heterocycles. The first kappa shape index (κ1) is 17.5. The van der Waals surface area contributed by atoms with Crippen molar-refractivity contribution < 1.29 is 13.5 Å². The number of aliphatic hydroxyl groups excluding tert-OH is 1. The van der Waals surface area contributed by atoms with Gasteiger partial charge in [0.15, 0.2) is 0 Å². The number of unbranched alkanes of at least 4 members (excludes halogenated alkanes) is 1. The Morgan fingerprint density at radius 3 is 2.43 bits per heavy atom. The Bertz CT molecular complexity index is 754. The zero-order valence-corrected chi connectivity index (χ0v) is 14.0. The summed E-state index contributed by atoms with van der Waals surface area (Å²) in [5.74, 6) is 5.80. The Labute approximate surface area is 137 Å². The second-order valence-electron chi connectivity index (χ2n) is 5.62. The van der Waals surface area contributed by atoms with Crippen LogP contribution in [0.2, 0.25) is 0 Å². The third-order valence-electron chi connectivity index (χ3n) is 3.96. The number of nitriles is 1. The fraction of sp³-hybridized carbons (Fsp3) is 0.471. The van der Waals surface area contributed by atoms with Crippen LogP contribution in [-0.4, -0.2) is 42.8 Å². The molecule has 0 amide bonds. The number of rotatable bonds is 4. The monoisotopic (exact) mass is 332 g/mol. The van der Waals surface area contributed by atoms with E-state index in [1.807, 2.05) is 30.3 Å². The minimum atomic E-state index is -3.52. The fourth-order valence-corrected chi connectivity index (χ4v) is 4.18. The van der Waals surface area contributed by atoms with Crippen molar-refractivity contribution in [1.82, 2.24) is 4.31 Å². The van der Waals surface area contributed by atoms with Crippen LogP contribution in [0.25, 0.3) is 0 Å². The summed E-state index contributed by atoms with van der Waals surface area (Å²) in [6.45, 7) is 1.76. The van der Waals surface area contributed by atoms with Crippen molar-refractivity contribution in [3.8, 4) is 17.9 Å². The van der Waals surface area contributed by atoms with Gasteiger partial charge in [-0.15, -0.1) is 0 Å². The van der Waals surface area contributed by atoms with Crippen molar-refractivity contribution in [3.63, 3.8) is 0 Å². The second-order valence-corrected chi connectivity index (χ2v) is 7.50. The lowest BCUT2D eigenvalue weighted by atomic mass is 9.78. The summed E-state index contributed by atoms with van der Waals surface area (Å²) < 4.78 is 24.6. The zero-order chi connectivity index (χ0) is 17.0. The van der Waals surface area contributed by atoms with Gasteiger partial charge in [0.2, 0.25) is 10.0 Å². The molecule has 6 heteroatoms. The van der Waals surface area contributed by atoms with Gasteiger partial charge in [-0.25, -0.2) is 8.42 Å². The molecule has 0 aliphatic carbocycles. The largest absolute Gasteiger partial charge is 0.395 e. The van der Waals surface area contributed by atoms with E-state index in [1.165, 1.54) is 0 Å². The number of hydrogen-bond donors (Lipinski definition) is 1. The molecule has 0 aromatic heterocycles. The highest BCUT2D eigenvalue weighted by Crippen LogP contribution is 2.41. The van der Waals surface area contributed by atoms with E-state index in [1.54, 1.807) is 0 Å². The maximum atomic E-state index is 11.8.